The highest BCUT2D eigenvalue weighted by Gasteiger charge is 2.26. The molecule has 1 aromatic heterocycles. The van der Waals surface area contributed by atoms with E-state index in [4.69, 9.17) is 9.84 Å². The minimum atomic E-state index is -0.743. The molecule has 6 nitrogen and oxygen atoms in total. The van der Waals surface area contributed by atoms with Crippen molar-refractivity contribution in [2.45, 2.75) is 31.8 Å². The summed E-state index contributed by atoms with van der Waals surface area (Å²) in [6.07, 6.45) is 2.18. The first-order valence-electron chi connectivity index (χ1n) is 6.01. The number of ether oxygens (including phenoxy) is 1. The van der Waals surface area contributed by atoms with E-state index >= 15 is 0 Å². The maximum Gasteiger partial charge on any atom is 0.304 e. The molecule has 0 saturated carbocycles. The molecule has 18 heavy (non-hydrogen) atoms. The fraction of sp³-hybridized carbons (Fsp3) is 0.583. The number of nitrogens with zero attached hydrogens (tertiary/aromatic N) is 3. The molecule has 0 radical (unpaired) electrons. The Morgan fingerprint density at radius 1 is 1.56 bits per heavy atom. The Labute approximate surface area is 106 Å². The van der Waals surface area contributed by atoms with Crippen molar-refractivity contribution in [1.82, 2.24) is 15.1 Å². The molecule has 0 amide bonds. The first-order valence-corrected chi connectivity index (χ1v) is 6.01. The van der Waals surface area contributed by atoms with Crippen molar-refractivity contribution in [3.8, 4) is 5.88 Å². The Morgan fingerprint density at radius 3 is 3.00 bits per heavy atom. The molecule has 0 aromatic carbocycles. The van der Waals surface area contributed by atoms with Crippen molar-refractivity contribution >= 4 is 5.97 Å². The second kappa shape index (κ2) is 5.77. The summed E-state index contributed by atoms with van der Waals surface area (Å²) in [7, 11) is 1.55. The zero-order valence-electron chi connectivity index (χ0n) is 10.4. The third-order valence-corrected chi connectivity index (χ3v) is 3.18. The number of hydrogen-bond donors (Lipinski definition) is 1. The third kappa shape index (κ3) is 3.16. The molecule has 98 valence electrons. The smallest absolute Gasteiger partial charge is 0.304 e. The van der Waals surface area contributed by atoms with Crippen LogP contribution in [0.2, 0.25) is 0 Å². The summed E-state index contributed by atoms with van der Waals surface area (Å²) in [6.45, 7) is 1.57. The summed E-state index contributed by atoms with van der Waals surface area (Å²) in [5, 5.41) is 16.8. The number of likely N-dealkylation sites (tertiary alicyclic amines) is 1. The van der Waals surface area contributed by atoms with Crippen molar-refractivity contribution in [1.29, 1.82) is 0 Å². The van der Waals surface area contributed by atoms with Gasteiger partial charge in [0.05, 0.1) is 19.2 Å². The predicted molar refractivity (Wildman–Crippen MR) is 64.3 cm³/mol. The third-order valence-electron chi connectivity index (χ3n) is 3.18. The summed E-state index contributed by atoms with van der Waals surface area (Å²) in [4.78, 5) is 12.9. The molecule has 0 aliphatic carbocycles. The van der Waals surface area contributed by atoms with Crippen molar-refractivity contribution in [3.05, 3.63) is 17.8 Å². The Bertz CT molecular complexity index is 408. The van der Waals surface area contributed by atoms with E-state index in [1.807, 2.05) is 6.07 Å². The number of carboxylic acid groups (broad SMARTS) is 1. The van der Waals surface area contributed by atoms with Crippen LogP contribution in [0.15, 0.2) is 12.1 Å². The van der Waals surface area contributed by atoms with Gasteiger partial charge in [-0.2, -0.15) is 5.10 Å². The first kappa shape index (κ1) is 12.8. The summed E-state index contributed by atoms with van der Waals surface area (Å²) in [5.41, 5.74) is 0.841. The van der Waals surface area contributed by atoms with E-state index in [1.54, 1.807) is 13.2 Å². The van der Waals surface area contributed by atoms with Crippen molar-refractivity contribution < 1.29 is 14.6 Å². The van der Waals surface area contributed by atoms with Crippen LogP contribution in [0.5, 0.6) is 5.88 Å². The zero-order valence-corrected chi connectivity index (χ0v) is 10.4. The Morgan fingerprint density at radius 2 is 2.39 bits per heavy atom. The van der Waals surface area contributed by atoms with Gasteiger partial charge in [0.1, 0.15) is 0 Å². The van der Waals surface area contributed by atoms with E-state index in [9.17, 15) is 4.79 Å². The van der Waals surface area contributed by atoms with E-state index in [1.165, 1.54) is 0 Å². The van der Waals surface area contributed by atoms with Crippen LogP contribution in [0.25, 0.3) is 0 Å². The standard InChI is InChI=1S/C12H17N3O3/c1-18-11-5-4-9(13-14-11)8-15-6-2-3-10(15)7-12(16)17/h4-5,10H,2-3,6-8H2,1H3,(H,16,17). The molecular formula is C12H17N3O3. The molecule has 1 aliphatic heterocycles. The largest absolute Gasteiger partial charge is 0.481 e. The van der Waals surface area contributed by atoms with Crippen LogP contribution < -0.4 is 4.74 Å². The lowest BCUT2D eigenvalue weighted by molar-refractivity contribution is -0.138. The quantitative estimate of drug-likeness (QED) is 0.838. The molecule has 0 bridgehead atoms. The molecule has 6 heteroatoms. The number of aliphatic carboxylic acids is 1. The normalized spacial score (nSPS) is 19.9. The van der Waals surface area contributed by atoms with Crippen LogP contribution in [-0.4, -0.2) is 45.9 Å². The molecule has 1 aromatic rings. The van der Waals surface area contributed by atoms with Gasteiger partial charge in [0, 0.05) is 18.7 Å². The van der Waals surface area contributed by atoms with Crippen molar-refractivity contribution in [2.24, 2.45) is 0 Å². The van der Waals surface area contributed by atoms with Gasteiger partial charge < -0.3 is 9.84 Å². The maximum atomic E-state index is 10.8. The number of hydrogen-bond acceptors (Lipinski definition) is 5. The highest BCUT2D eigenvalue weighted by molar-refractivity contribution is 5.67. The van der Waals surface area contributed by atoms with Gasteiger partial charge >= 0.3 is 5.97 Å². The van der Waals surface area contributed by atoms with Crippen LogP contribution in [-0.2, 0) is 11.3 Å². The van der Waals surface area contributed by atoms with Crippen LogP contribution in [0.4, 0.5) is 0 Å². The minimum absolute atomic E-state index is 0.117. The molecule has 1 aliphatic rings. The second-order valence-corrected chi connectivity index (χ2v) is 4.43. The van der Waals surface area contributed by atoms with Gasteiger partial charge in [0.2, 0.25) is 5.88 Å². The predicted octanol–water partition coefficient (Wildman–Crippen LogP) is 0.924. The van der Waals surface area contributed by atoms with Crippen LogP contribution in [0.1, 0.15) is 25.0 Å². The number of aromatic nitrogens is 2. The van der Waals surface area contributed by atoms with Gasteiger partial charge in [0.15, 0.2) is 0 Å². The Hall–Kier alpha value is -1.69. The number of carboxylic acids is 1. The topological polar surface area (TPSA) is 75.5 Å². The first-order chi connectivity index (χ1) is 8.69. The molecule has 1 fully saturated rings. The van der Waals surface area contributed by atoms with Crippen LogP contribution in [0, 0.1) is 0 Å². The fourth-order valence-electron chi connectivity index (χ4n) is 2.28. The molecule has 2 heterocycles. The second-order valence-electron chi connectivity index (χ2n) is 4.43. The summed E-state index contributed by atoms with van der Waals surface area (Å²) < 4.78 is 4.95. The van der Waals surface area contributed by atoms with E-state index in [2.05, 4.69) is 15.1 Å². The Balaban J connectivity index is 1.96. The van der Waals surface area contributed by atoms with Crippen LogP contribution >= 0.6 is 0 Å². The highest BCUT2D eigenvalue weighted by Crippen LogP contribution is 2.22. The van der Waals surface area contributed by atoms with Gasteiger partial charge in [-0.25, -0.2) is 0 Å². The SMILES string of the molecule is COc1ccc(CN2CCCC2CC(=O)O)nn1. The van der Waals surface area contributed by atoms with Gasteiger partial charge in [-0.15, -0.1) is 5.10 Å². The van der Waals surface area contributed by atoms with E-state index < -0.39 is 5.97 Å². The van der Waals surface area contributed by atoms with E-state index in [-0.39, 0.29) is 12.5 Å². The molecule has 1 unspecified atom stereocenters. The number of methoxy groups -OCH3 is 1. The van der Waals surface area contributed by atoms with E-state index in [0.717, 1.165) is 25.1 Å². The Kier molecular flexibility index (Phi) is 4.09. The maximum absolute atomic E-state index is 10.8. The van der Waals surface area contributed by atoms with Crippen molar-refractivity contribution in [3.63, 3.8) is 0 Å². The summed E-state index contributed by atoms with van der Waals surface area (Å²) >= 11 is 0. The average Bonchev–Trinajstić information content (AvgIpc) is 2.77. The minimum Gasteiger partial charge on any atom is -0.481 e. The summed E-state index contributed by atoms with van der Waals surface area (Å²) in [6, 6.07) is 3.75. The number of carbonyl (C=O) groups is 1. The average molecular weight is 251 g/mol. The van der Waals surface area contributed by atoms with Gasteiger partial charge in [-0.3, -0.25) is 9.69 Å². The molecule has 1 N–H and O–H groups in total. The molecule has 0 spiro atoms. The monoisotopic (exact) mass is 251 g/mol. The lowest BCUT2D eigenvalue weighted by Crippen LogP contribution is -2.31. The lowest BCUT2D eigenvalue weighted by atomic mass is 10.1. The van der Waals surface area contributed by atoms with Gasteiger partial charge in [-0.1, -0.05) is 0 Å². The molecule has 1 saturated heterocycles. The highest BCUT2D eigenvalue weighted by atomic mass is 16.5. The molecule has 1 atom stereocenters. The molecular weight excluding hydrogens is 234 g/mol. The van der Waals surface area contributed by atoms with Crippen molar-refractivity contribution in [2.75, 3.05) is 13.7 Å². The lowest BCUT2D eigenvalue weighted by Gasteiger charge is -2.22. The number of rotatable bonds is 5. The van der Waals surface area contributed by atoms with E-state index in [0.29, 0.717) is 12.4 Å². The molecule has 2 rings (SSSR count). The van der Waals surface area contributed by atoms with Gasteiger partial charge in [-0.05, 0) is 25.5 Å². The van der Waals surface area contributed by atoms with Crippen LogP contribution in [0.3, 0.4) is 0 Å². The summed E-state index contributed by atoms with van der Waals surface area (Å²) in [5.74, 6) is -0.255. The van der Waals surface area contributed by atoms with Gasteiger partial charge in [0.25, 0.3) is 0 Å². The fourth-order valence-corrected chi connectivity index (χ4v) is 2.28. The zero-order chi connectivity index (χ0) is 13.0.